The molecule has 1 fully saturated rings. The normalized spacial score (nSPS) is 17.5. The van der Waals surface area contributed by atoms with Crippen molar-refractivity contribution in [2.45, 2.75) is 52.1 Å². The minimum absolute atomic E-state index is 0.0205. The van der Waals surface area contributed by atoms with E-state index in [0.717, 1.165) is 42.9 Å². The van der Waals surface area contributed by atoms with E-state index < -0.39 is 0 Å². The third-order valence-electron chi connectivity index (χ3n) is 5.08. The Balaban J connectivity index is 1.56. The van der Waals surface area contributed by atoms with Crippen LogP contribution in [0.2, 0.25) is 0 Å². The fraction of sp³-hybridized carbons (Fsp3) is 0.458. The molecular formula is C24H31NO3. The van der Waals surface area contributed by atoms with Gasteiger partial charge in [-0.15, -0.1) is 0 Å². The Morgan fingerprint density at radius 1 is 1.18 bits per heavy atom. The Bertz CT molecular complexity index is 764. The minimum Gasteiger partial charge on any atom is -0.491 e. The van der Waals surface area contributed by atoms with Crippen molar-refractivity contribution in [3.8, 4) is 5.75 Å². The molecule has 2 aromatic carbocycles. The average Bonchev–Trinajstić information content (AvgIpc) is 3.20. The van der Waals surface area contributed by atoms with Crippen LogP contribution in [0.3, 0.4) is 0 Å². The number of anilines is 1. The van der Waals surface area contributed by atoms with Gasteiger partial charge in [0.15, 0.2) is 0 Å². The maximum Gasteiger partial charge on any atom is 0.231 e. The van der Waals surface area contributed by atoms with Gasteiger partial charge in [-0.05, 0) is 55.4 Å². The van der Waals surface area contributed by atoms with Crippen LogP contribution in [0.5, 0.6) is 5.75 Å². The van der Waals surface area contributed by atoms with Crippen LogP contribution in [-0.2, 0) is 16.0 Å². The fourth-order valence-electron chi connectivity index (χ4n) is 3.44. The quantitative estimate of drug-likeness (QED) is 0.685. The molecule has 0 radical (unpaired) electrons. The first-order chi connectivity index (χ1) is 13.5. The monoisotopic (exact) mass is 381 g/mol. The zero-order chi connectivity index (χ0) is 19.9. The molecule has 2 unspecified atom stereocenters. The molecule has 0 bridgehead atoms. The molecule has 1 N–H and O–H groups in total. The Hall–Kier alpha value is -2.33. The van der Waals surface area contributed by atoms with E-state index in [1.807, 2.05) is 31.2 Å². The average molecular weight is 382 g/mol. The topological polar surface area (TPSA) is 47.6 Å². The van der Waals surface area contributed by atoms with Gasteiger partial charge in [-0.25, -0.2) is 0 Å². The summed E-state index contributed by atoms with van der Waals surface area (Å²) >= 11 is 0. The van der Waals surface area contributed by atoms with Crippen LogP contribution >= 0.6 is 0 Å². The van der Waals surface area contributed by atoms with Crippen LogP contribution in [0.4, 0.5) is 5.69 Å². The predicted molar refractivity (Wildman–Crippen MR) is 113 cm³/mol. The smallest absolute Gasteiger partial charge is 0.231 e. The number of carbonyl (C=O) groups is 1. The summed E-state index contributed by atoms with van der Waals surface area (Å²) in [7, 11) is 0. The first kappa shape index (κ1) is 20.4. The summed E-state index contributed by atoms with van der Waals surface area (Å²) in [4.78, 5) is 12.7. The molecule has 3 rings (SSSR count). The number of ether oxygens (including phenoxy) is 2. The van der Waals surface area contributed by atoms with Crippen molar-refractivity contribution in [1.29, 1.82) is 0 Å². The number of hydrogen-bond donors (Lipinski definition) is 1. The molecule has 150 valence electrons. The molecule has 1 heterocycles. The number of benzene rings is 2. The van der Waals surface area contributed by atoms with Crippen LogP contribution in [0.1, 0.15) is 50.7 Å². The third-order valence-corrected chi connectivity index (χ3v) is 5.08. The van der Waals surface area contributed by atoms with E-state index >= 15 is 0 Å². The van der Waals surface area contributed by atoms with Gasteiger partial charge in [0.2, 0.25) is 5.91 Å². The van der Waals surface area contributed by atoms with E-state index in [2.05, 4.69) is 43.4 Å². The van der Waals surface area contributed by atoms with Crippen LogP contribution in [0, 0.1) is 5.92 Å². The zero-order valence-electron chi connectivity index (χ0n) is 17.1. The zero-order valence-corrected chi connectivity index (χ0v) is 17.1. The first-order valence-corrected chi connectivity index (χ1v) is 10.3. The number of rotatable bonds is 8. The molecule has 2 atom stereocenters. The summed E-state index contributed by atoms with van der Waals surface area (Å²) in [5, 5.41) is 3.01. The van der Waals surface area contributed by atoms with Crippen molar-refractivity contribution < 1.29 is 14.3 Å². The molecule has 0 saturated carbocycles. The molecule has 4 heteroatoms. The van der Waals surface area contributed by atoms with E-state index in [1.54, 1.807) is 0 Å². The molecule has 1 saturated heterocycles. The molecular weight excluding hydrogens is 350 g/mol. The fourth-order valence-corrected chi connectivity index (χ4v) is 3.44. The highest BCUT2D eigenvalue weighted by Gasteiger charge is 2.17. The highest BCUT2D eigenvalue weighted by molar-refractivity contribution is 5.95. The first-order valence-electron chi connectivity index (χ1n) is 10.3. The van der Waals surface area contributed by atoms with Gasteiger partial charge in [-0.1, -0.05) is 44.2 Å². The summed E-state index contributed by atoms with van der Waals surface area (Å²) in [6, 6.07) is 15.9. The summed E-state index contributed by atoms with van der Waals surface area (Å²) in [5.74, 6) is 1.14. The molecule has 0 aromatic heterocycles. The highest BCUT2D eigenvalue weighted by atomic mass is 16.5. The molecule has 1 aliphatic heterocycles. The van der Waals surface area contributed by atoms with Gasteiger partial charge in [0.1, 0.15) is 12.4 Å². The van der Waals surface area contributed by atoms with E-state index in [1.165, 1.54) is 5.56 Å². The Kier molecular flexibility index (Phi) is 7.10. The van der Waals surface area contributed by atoms with E-state index in [0.29, 0.717) is 12.5 Å². The number of hydrogen-bond acceptors (Lipinski definition) is 3. The molecule has 1 aliphatic rings. The van der Waals surface area contributed by atoms with Gasteiger partial charge in [0.05, 0.1) is 12.0 Å². The van der Waals surface area contributed by atoms with Gasteiger partial charge in [0.25, 0.3) is 0 Å². The summed E-state index contributed by atoms with van der Waals surface area (Å²) in [6.07, 6.45) is 3.38. The Morgan fingerprint density at radius 3 is 2.64 bits per heavy atom. The number of carbonyl (C=O) groups excluding carboxylic acids is 1. The Morgan fingerprint density at radius 2 is 1.96 bits per heavy atom. The molecule has 0 aliphatic carbocycles. The predicted octanol–water partition coefficient (Wildman–Crippen LogP) is 5.19. The van der Waals surface area contributed by atoms with Crippen LogP contribution in [0.25, 0.3) is 0 Å². The van der Waals surface area contributed by atoms with E-state index in [9.17, 15) is 4.79 Å². The maximum absolute atomic E-state index is 12.7. The van der Waals surface area contributed by atoms with Crippen molar-refractivity contribution in [1.82, 2.24) is 0 Å². The minimum atomic E-state index is -0.218. The lowest BCUT2D eigenvalue weighted by atomic mass is 9.96. The van der Waals surface area contributed by atoms with Crippen LogP contribution in [-0.4, -0.2) is 25.2 Å². The van der Waals surface area contributed by atoms with Crippen LogP contribution in [0.15, 0.2) is 48.5 Å². The van der Waals surface area contributed by atoms with Gasteiger partial charge in [-0.3, -0.25) is 4.79 Å². The second-order valence-electron chi connectivity index (χ2n) is 8.02. The van der Waals surface area contributed by atoms with Crippen molar-refractivity contribution in [2.24, 2.45) is 5.92 Å². The van der Waals surface area contributed by atoms with Crippen molar-refractivity contribution >= 4 is 11.6 Å². The maximum atomic E-state index is 12.7. The number of amides is 1. The van der Waals surface area contributed by atoms with Gasteiger partial charge >= 0.3 is 0 Å². The second kappa shape index (κ2) is 9.74. The van der Waals surface area contributed by atoms with Crippen LogP contribution < -0.4 is 10.1 Å². The molecule has 2 aromatic rings. The largest absolute Gasteiger partial charge is 0.491 e. The van der Waals surface area contributed by atoms with Gasteiger partial charge in [0, 0.05) is 18.4 Å². The summed E-state index contributed by atoms with van der Waals surface area (Å²) < 4.78 is 11.4. The van der Waals surface area contributed by atoms with E-state index in [-0.39, 0.29) is 17.9 Å². The summed E-state index contributed by atoms with van der Waals surface area (Å²) in [5.41, 5.74) is 3.08. The van der Waals surface area contributed by atoms with E-state index in [4.69, 9.17) is 9.47 Å². The Labute approximate surface area is 168 Å². The lowest BCUT2D eigenvalue weighted by Gasteiger charge is -2.15. The number of nitrogens with one attached hydrogen (secondary N) is 1. The standard InChI is InChI=1S/C24H31NO3/c1-17(2)14-19-9-11-20(12-10-19)18(3)24(26)25-21-6-4-7-22(15-21)28-16-23-8-5-13-27-23/h4,6-7,9-12,15,17-18,23H,5,8,13-14,16H2,1-3H3,(H,25,26). The second-order valence-corrected chi connectivity index (χ2v) is 8.02. The lowest BCUT2D eigenvalue weighted by Crippen LogP contribution is -2.19. The highest BCUT2D eigenvalue weighted by Crippen LogP contribution is 2.23. The van der Waals surface area contributed by atoms with Gasteiger partial charge in [-0.2, -0.15) is 0 Å². The van der Waals surface area contributed by atoms with Crippen molar-refractivity contribution in [3.05, 3.63) is 59.7 Å². The molecule has 4 nitrogen and oxygen atoms in total. The van der Waals surface area contributed by atoms with Crippen molar-refractivity contribution in [2.75, 3.05) is 18.5 Å². The van der Waals surface area contributed by atoms with Gasteiger partial charge < -0.3 is 14.8 Å². The molecule has 1 amide bonds. The SMILES string of the molecule is CC(C)Cc1ccc(C(C)C(=O)Nc2cccc(OCC3CCCO3)c2)cc1. The third kappa shape index (κ3) is 5.83. The molecule has 28 heavy (non-hydrogen) atoms. The molecule has 0 spiro atoms. The summed E-state index contributed by atoms with van der Waals surface area (Å²) in [6.45, 7) is 7.73. The van der Waals surface area contributed by atoms with Crippen molar-refractivity contribution in [3.63, 3.8) is 0 Å². The lowest BCUT2D eigenvalue weighted by molar-refractivity contribution is -0.117.